The van der Waals surface area contributed by atoms with E-state index in [1.165, 1.54) is 36.4 Å². The van der Waals surface area contributed by atoms with Gasteiger partial charge < -0.3 is 19.2 Å². The Balaban J connectivity index is 1.53. The fraction of sp³-hybridized carbons (Fsp3) is 0.320. The van der Waals surface area contributed by atoms with Crippen LogP contribution in [0.2, 0.25) is 0 Å². The van der Waals surface area contributed by atoms with Crippen LogP contribution < -0.4 is 14.8 Å². The molecule has 0 aliphatic rings. The molecule has 3 aromatic rings. The number of carbonyl (C=O) groups excluding carboxylic acids is 1. The summed E-state index contributed by atoms with van der Waals surface area (Å²) in [6.45, 7) is 5.21. The van der Waals surface area contributed by atoms with Gasteiger partial charge in [-0.05, 0) is 67.8 Å². The van der Waals surface area contributed by atoms with Crippen molar-refractivity contribution in [1.82, 2.24) is 5.32 Å². The highest BCUT2D eigenvalue weighted by atomic mass is 32.2. The number of sulfone groups is 1. The Kier molecular flexibility index (Phi) is 8.70. The highest BCUT2D eigenvalue weighted by Crippen LogP contribution is 2.28. The lowest BCUT2D eigenvalue weighted by atomic mass is 10.1. The molecule has 7 nitrogen and oxygen atoms in total. The van der Waals surface area contributed by atoms with Crippen LogP contribution in [0, 0.1) is 5.82 Å². The van der Waals surface area contributed by atoms with Gasteiger partial charge >= 0.3 is 0 Å². The normalized spacial score (nSPS) is 11.3. The zero-order valence-corrected chi connectivity index (χ0v) is 20.0. The van der Waals surface area contributed by atoms with Crippen molar-refractivity contribution >= 4 is 15.7 Å². The van der Waals surface area contributed by atoms with Crippen molar-refractivity contribution < 1.29 is 31.5 Å². The Hall–Kier alpha value is -3.33. The van der Waals surface area contributed by atoms with Crippen molar-refractivity contribution in [2.45, 2.75) is 31.8 Å². The zero-order chi connectivity index (χ0) is 24.6. The first-order valence-electron chi connectivity index (χ1n) is 11.0. The van der Waals surface area contributed by atoms with Gasteiger partial charge in [0.1, 0.15) is 17.3 Å². The molecule has 1 amide bonds. The molecule has 0 unspecified atom stereocenters. The van der Waals surface area contributed by atoms with Gasteiger partial charge in [0.05, 0.1) is 19.0 Å². The summed E-state index contributed by atoms with van der Waals surface area (Å²) in [5.41, 5.74) is 1.45. The maximum absolute atomic E-state index is 13.0. The summed E-state index contributed by atoms with van der Waals surface area (Å²) >= 11 is 0. The van der Waals surface area contributed by atoms with Gasteiger partial charge in [0, 0.05) is 6.54 Å². The molecule has 3 rings (SSSR count). The summed E-state index contributed by atoms with van der Waals surface area (Å²) in [5, 5.41) is 2.77. The maximum atomic E-state index is 13.0. The molecule has 0 atom stereocenters. The average molecular weight is 490 g/mol. The Labute approximate surface area is 198 Å². The molecule has 0 bridgehead atoms. The summed E-state index contributed by atoms with van der Waals surface area (Å²) in [5.74, 6) is 0.0677. The van der Waals surface area contributed by atoms with E-state index in [2.05, 4.69) is 5.32 Å². The number of nitrogens with one attached hydrogen (secondary N) is 1. The van der Waals surface area contributed by atoms with Gasteiger partial charge in [-0.3, -0.25) is 4.79 Å². The monoisotopic (exact) mass is 489 g/mol. The van der Waals surface area contributed by atoms with Crippen molar-refractivity contribution in [2.75, 3.05) is 19.8 Å². The molecule has 1 heterocycles. The summed E-state index contributed by atoms with van der Waals surface area (Å²) < 4.78 is 54.5. The smallest absolute Gasteiger partial charge is 0.287 e. The predicted molar refractivity (Wildman–Crippen MR) is 126 cm³/mol. The van der Waals surface area contributed by atoms with E-state index >= 15 is 0 Å². The van der Waals surface area contributed by atoms with Crippen LogP contribution in [0.4, 0.5) is 4.39 Å². The van der Waals surface area contributed by atoms with Crippen LogP contribution in [0.25, 0.3) is 0 Å². The van der Waals surface area contributed by atoms with Crippen LogP contribution in [-0.4, -0.2) is 34.1 Å². The van der Waals surface area contributed by atoms with Crippen LogP contribution in [0.3, 0.4) is 0 Å². The summed E-state index contributed by atoms with van der Waals surface area (Å²) in [4.78, 5) is 12.4. The molecule has 0 aliphatic carbocycles. The summed E-state index contributed by atoms with van der Waals surface area (Å²) in [7, 11) is -3.55. The van der Waals surface area contributed by atoms with Crippen molar-refractivity contribution in [3.05, 3.63) is 83.1 Å². The molecule has 2 aromatic carbocycles. The second-order valence-corrected chi connectivity index (χ2v) is 9.64. The van der Waals surface area contributed by atoms with E-state index in [1.807, 2.05) is 32.0 Å². The largest absolute Gasteiger partial charge is 0.490 e. The minimum absolute atomic E-state index is 0.0358. The van der Waals surface area contributed by atoms with Gasteiger partial charge in [0.25, 0.3) is 5.91 Å². The number of benzene rings is 2. The number of hydrogen-bond acceptors (Lipinski definition) is 6. The molecule has 0 saturated heterocycles. The molecule has 182 valence electrons. The molecular formula is C25H28FNO6S. The van der Waals surface area contributed by atoms with Crippen molar-refractivity contribution in [1.29, 1.82) is 0 Å². The minimum atomic E-state index is -3.55. The molecule has 34 heavy (non-hydrogen) atoms. The summed E-state index contributed by atoms with van der Waals surface area (Å²) in [6.07, 6.45) is 0.567. The van der Waals surface area contributed by atoms with Crippen LogP contribution in [0.5, 0.6) is 11.5 Å². The second-order valence-electron chi connectivity index (χ2n) is 7.58. The van der Waals surface area contributed by atoms with Gasteiger partial charge in [-0.15, -0.1) is 0 Å². The van der Waals surface area contributed by atoms with E-state index in [4.69, 9.17) is 13.9 Å². The van der Waals surface area contributed by atoms with Crippen molar-refractivity contribution in [3.63, 3.8) is 0 Å². The van der Waals surface area contributed by atoms with E-state index in [-0.39, 0.29) is 23.0 Å². The quantitative estimate of drug-likeness (QED) is 0.408. The number of rotatable bonds is 12. The van der Waals surface area contributed by atoms with Crippen LogP contribution in [0.1, 0.15) is 41.3 Å². The third kappa shape index (κ3) is 7.34. The number of furan rings is 1. The molecule has 1 N–H and O–H groups in total. The lowest BCUT2D eigenvalue weighted by Crippen LogP contribution is -2.25. The third-order valence-electron chi connectivity index (χ3n) is 4.85. The highest BCUT2D eigenvalue weighted by Gasteiger charge is 2.18. The van der Waals surface area contributed by atoms with Gasteiger partial charge in [-0.2, -0.15) is 0 Å². The Morgan fingerprint density at radius 1 is 0.912 bits per heavy atom. The standard InChI is InChI=1S/C25H28FNO6S/c1-3-31-22-11-7-18(15-24(22)32-4-2)13-14-27-25(28)23-12-10-21(33-23)17-34(29,30)16-19-5-8-20(26)9-6-19/h5-12,15H,3-4,13-14,16-17H2,1-2H3,(H,27,28). The first kappa shape index (κ1) is 25.3. The second kappa shape index (κ2) is 11.7. The molecule has 0 fully saturated rings. The number of halogens is 1. The first-order chi connectivity index (χ1) is 16.3. The third-order valence-corrected chi connectivity index (χ3v) is 6.35. The SMILES string of the molecule is CCOc1ccc(CCNC(=O)c2ccc(CS(=O)(=O)Cc3ccc(F)cc3)o2)cc1OCC. The molecule has 9 heteroatoms. The lowest BCUT2D eigenvalue weighted by Gasteiger charge is -2.12. The van der Waals surface area contributed by atoms with E-state index in [9.17, 15) is 17.6 Å². The predicted octanol–water partition coefficient (Wildman–Crippen LogP) is 4.30. The number of hydrogen-bond donors (Lipinski definition) is 1. The maximum Gasteiger partial charge on any atom is 0.287 e. The summed E-state index contributed by atoms with van der Waals surface area (Å²) in [6, 6.07) is 13.8. The van der Waals surface area contributed by atoms with Gasteiger partial charge in [-0.25, -0.2) is 12.8 Å². The molecule has 0 radical (unpaired) electrons. The van der Waals surface area contributed by atoms with E-state index in [0.717, 1.165) is 5.56 Å². The topological polar surface area (TPSA) is 94.8 Å². The Bertz CT molecular complexity index is 1200. The van der Waals surface area contributed by atoms with Crippen LogP contribution in [0.15, 0.2) is 59.0 Å². The van der Waals surface area contributed by atoms with Crippen molar-refractivity contribution in [2.24, 2.45) is 0 Å². The molecule has 0 spiro atoms. The minimum Gasteiger partial charge on any atom is -0.490 e. The van der Waals surface area contributed by atoms with Crippen LogP contribution in [-0.2, 0) is 27.8 Å². The van der Waals surface area contributed by atoms with E-state index in [0.29, 0.717) is 43.2 Å². The van der Waals surface area contributed by atoms with Gasteiger partial charge in [-0.1, -0.05) is 18.2 Å². The molecular weight excluding hydrogens is 461 g/mol. The van der Waals surface area contributed by atoms with Crippen LogP contribution >= 0.6 is 0 Å². The highest BCUT2D eigenvalue weighted by molar-refractivity contribution is 7.89. The zero-order valence-electron chi connectivity index (χ0n) is 19.2. The number of amides is 1. The molecule has 1 aromatic heterocycles. The number of carbonyl (C=O) groups is 1. The molecule has 0 saturated carbocycles. The fourth-order valence-corrected chi connectivity index (χ4v) is 4.73. The molecule has 0 aliphatic heterocycles. The number of ether oxygens (including phenoxy) is 2. The van der Waals surface area contributed by atoms with Gasteiger partial charge in [0.2, 0.25) is 0 Å². The fourth-order valence-electron chi connectivity index (χ4n) is 3.34. The first-order valence-corrected chi connectivity index (χ1v) is 12.8. The van der Waals surface area contributed by atoms with E-state index in [1.54, 1.807) is 0 Å². The Morgan fingerprint density at radius 2 is 1.59 bits per heavy atom. The van der Waals surface area contributed by atoms with Gasteiger partial charge in [0.15, 0.2) is 27.1 Å². The Morgan fingerprint density at radius 3 is 2.29 bits per heavy atom. The van der Waals surface area contributed by atoms with Crippen molar-refractivity contribution in [3.8, 4) is 11.5 Å². The van der Waals surface area contributed by atoms with E-state index < -0.39 is 21.6 Å². The lowest BCUT2D eigenvalue weighted by molar-refractivity contribution is 0.0925. The average Bonchev–Trinajstić information content (AvgIpc) is 3.25.